The molecule has 1 heterocycles. The minimum atomic E-state index is -0.503. The first-order valence-corrected chi connectivity index (χ1v) is 8.91. The summed E-state index contributed by atoms with van der Waals surface area (Å²) in [7, 11) is 1.39. The summed E-state index contributed by atoms with van der Waals surface area (Å²) in [5.41, 5.74) is 1.06. The Morgan fingerprint density at radius 1 is 1.21 bits per heavy atom. The fourth-order valence-corrected chi connectivity index (χ4v) is 2.90. The van der Waals surface area contributed by atoms with Crippen molar-refractivity contribution in [2.45, 2.75) is 13.5 Å². The zero-order valence-electron chi connectivity index (χ0n) is 15.3. The molecule has 1 N–H and O–H groups in total. The van der Waals surface area contributed by atoms with Crippen LogP contribution in [0.1, 0.15) is 18.1 Å². The van der Waals surface area contributed by atoms with Crippen LogP contribution in [0, 0.1) is 5.82 Å². The van der Waals surface area contributed by atoms with Crippen molar-refractivity contribution in [3.05, 3.63) is 64.1 Å². The highest BCUT2D eigenvalue weighted by Crippen LogP contribution is 2.38. The van der Waals surface area contributed by atoms with E-state index in [1.165, 1.54) is 19.2 Å². The van der Waals surface area contributed by atoms with Crippen LogP contribution in [-0.2, 0) is 11.4 Å². The topological polar surface area (TPSA) is 67.9 Å². The van der Waals surface area contributed by atoms with Crippen LogP contribution in [0.5, 0.6) is 11.5 Å². The van der Waals surface area contributed by atoms with Gasteiger partial charge in [-0.1, -0.05) is 29.8 Å². The summed E-state index contributed by atoms with van der Waals surface area (Å²) in [6, 6.07) is 8.99. The van der Waals surface area contributed by atoms with E-state index in [0.29, 0.717) is 23.5 Å². The molecule has 1 aliphatic rings. The molecule has 3 rings (SSSR count). The van der Waals surface area contributed by atoms with E-state index in [0.717, 1.165) is 4.90 Å². The first kappa shape index (κ1) is 19.7. The quantitative estimate of drug-likeness (QED) is 0.584. The summed E-state index contributed by atoms with van der Waals surface area (Å²) < 4.78 is 25.1. The molecule has 0 spiro atoms. The smallest absolute Gasteiger partial charge is 0.328 e. The van der Waals surface area contributed by atoms with Gasteiger partial charge in [-0.05, 0) is 36.8 Å². The van der Waals surface area contributed by atoms with Crippen molar-refractivity contribution in [1.29, 1.82) is 0 Å². The number of benzene rings is 2. The molecule has 1 aliphatic heterocycles. The normalized spacial score (nSPS) is 15.1. The van der Waals surface area contributed by atoms with Gasteiger partial charge in [-0.2, -0.15) is 0 Å². The first-order valence-electron chi connectivity index (χ1n) is 8.54. The molecule has 0 radical (unpaired) electrons. The van der Waals surface area contributed by atoms with E-state index in [4.69, 9.17) is 21.1 Å². The van der Waals surface area contributed by atoms with Crippen molar-refractivity contribution < 1.29 is 23.5 Å². The van der Waals surface area contributed by atoms with Crippen LogP contribution in [0.3, 0.4) is 0 Å². The molecular weight excluding hydrogens is 387 g/mol. The number of hydrogen-bond acceptors (Lipinski definition) is 4. The predicted octanol–water partition coefficient (Wildman–Crippen LogP) is 3.98. The average molecular weight is 405 g/mol. The Kier molecular flexibility index (Phi) is 5.84. The van der Waals surface area contributed by atoms with Crippen LogP contribution in [0.15, 0.2) is 42.1 Å². The summed E-state index contributed by atoms with van der Waals surface area (Å²) in [5, 5.41) is 2.72. The first-order chi connectivity index (χ1) is 13.4. The maximum Gasteiger partial charge on any atom is 0.328 e. The van der Waals surface area contributed by atoms with Crippen molar-refractivity contribution in [1.82, 2.24) is 10.2 Å². The van der Waals surface area contributed by atoms with E-state index >= 15 is 0 Å². The molecule has 146 valence electrons. The summed E-state index contributed by atoms with van der Waals surface area (Å²) in [5.74, 6) is -0.201. The van der Waals surface area contributed by atoms with Crippen molar-refractivity contribution in [2.24, 2.45) is 0 Å². The number of carbonyl (C=O) groups is 2. The number of ether oxygens (including phenoxy) is 2. The molecular formula is C20H18ClFN2O4. The molecule has 8 heteroatoms. The second-order valence-electron chi connectivity index (χ2n) is 6.00. The van der Waals surface area contributed by atoms with E-state index in [1.807, 2.05) is 0 Å². The Morgan fingerprint density at radius 2 is 1.96 bits per heavy atom. The summed E-state index contributed by atoms with van der Waals surface area (Å²) in [4.78, 5) is 24.6. The number of hydrogen-bond donors (Lipinski definition) is 1. The number of carbonyl (C=O) groups excluding carboxylic acids is 2. The highest BCUT2D eigenvalue weighted by molar-refractivity contribution is 6.32. The molecule has 2 aromatic rings. The molecule has 28 heavy (non-hydrogen) atoms. The van der Waals surface area contributed by atoms with Gasteiger partial charge in [0.15, 0.2) is 11.5 Å². The minimum Gasteiger partial charge on any atom is -0.490 e. The third kappa shape index (κ3) is 4.09. The molecule has 0 atom stereocenters. The second-order valence-corrected chi connectivity index (χ2v) is 6.40. The number of nitrogens with zero attached hydrogens (tertiary/aromatic N) is 1. The monoisotopic (exact) mass is 404 g/mol. The van der Waals surface area contributed by atoms with E-state index in [2.05, 4.69) is 5.32 Å². The lowest BCUT2D eigenvalue weighted by atomic mass is 10.1. The fourth-order valence-electron chi connectivity index (χ4n) is 2.63. The Labute approximate surface area is 166 Å². The minimum absolute atomic E-state index is 0.0216. The van der Waals surface area contributed by atoms with Gasteiger partial charge in [-0.3, -0.25) is 9.69 Å². The lowest BCUT2D eigenvalue weighted by Gasteiger charge is -2.15. The number of rotatable bonds is 6. The highest BCUT2D eigenvalue weighted by Gasteiger charge is 2.30. The SMILES string of the molecule is CCOc1cc(/C=C2/NC(=O)N(C)C2=O)cc(Cl)c1OCc1ccccc1F. The van der Waals surface area contributed by atoms with E-state index in [1.54, 1.807) is 37.3 Å². The number of urea groups is 1. The third-order valence-corrected chi connectivity index (χ3v) is 4.33. The molecule has 0 bridgehead atoms. The van der Waals surface area contributed by atoms with E-state index in [-0.39, 0.29) is 28.9 Å². The molecule has 0 aromatic heterocycles. The highest BCUT2D eigenvalue weighted by atomic mass is 35.5. The lowest BCUT2D eigenvalue weighted by molar-refractivity contribution is -0.121. The van der Waals surface area contributed by atoms with Crippen LogP contribution in [0.2, 0.25) is 5.02 Å². The van der Waals surface area contributed by atoms with Crippen molar-refractivity contribution >= 4 is 29.6 Å². The van der Waals surface area contributed by atoms with Gasteiger partial charge in [-0.25, -0.2) is 9.18 Å². The molecule has 0 saturated carbocycles. The van der Waals surface area contributed by atoms with Gasteiger partial charge in [0.2, 0.25) is 0 Å². The van der Waals surface area contributed by atoms with Gasteiger partial charge < -0.3 is 14.8 Å². The molecule has 1 saturated heterocycles. The van der Waals surface area contributed by atoms with E-state index in [9.17, 15) is 14.0 Å². The predicted molar refractivity (Wildman–Crippen MR) is 103 cm³/mol. The zero-order valence-corrected chi connectivity index (χ0v) is 16.0. The molecule has 0 aliphatic carbocycles. The largest absolute Gasteiger partial charge is 0.490 e. The number of halogens is 2. The Balaban J connectivity index is 1.89. The zero-order chi connectivity index (χ0) is 20.3. The van der Waals surface area contributed by atoms with Crippen LogP contribution in [-0.4, -0.2) is 30.5 Å². The van der Waals surface area contributed by atoms with Crippen molar-refractivity contribution in [3.63, 3.8) is 0 Å². The van der Waals surface area contributed by atoms with Crippen molar-refractivity contribution in [2.75, 3.05) is 13.7 Å². The van der Waals surface area contributed by atoms with Gasteiger partial charge in [0.25, 0.3) is 5.91 Å². The molecule has 3 amide bonds. The van der Waals surface area contributed by atoms with Gasteiger partial charge in [0, 0.05) is 12.6 Å². The maximum absolute atomic E-state index is 13.8. The summed E-state index contributed by atoms with van der Waals surface area (Å²) >= 11 is 6.34. The van der Waals surface area contributed by atoms with Crippen molar-refractivity contribution in [3.8, 4) is 11.5 Å². The van der Waals surface area contributed by atoms with Crippen LogP contribution in [0.4, 0.5) is 9.18 Å². The maximum atomic E-state index is 13.8. The summed E-state index contributed by atoms with van der Waals surface area (Å²) in [6.07, 6.45) is 1.50. The summed E-state index contributed by atoms with van der Waals surface area (Å²) in [6.45, 7) is 2.13. The van der Waals surface area contributed by atoms with Crippen LogP contribution in [0.25, 0.3) is 6.08 Å². The van der Waals surface area contributed by atoms with Gasteiger partial charge in [0.05, 0.1) is 11.6 Å². The van der Waals surface area contributed by atoms with Gasteiger partial charge in [0.1, 0.15) is 18.1 Å². The fraction of sp³-hybridized carbons (Fsp3) is 0.200. The molecule has 0 unspecified atom stereocenters. The molecule has 1 fully saturated rings. The number of amides is 3. The number of imide groups is 1. The Morgan fingerprint density at radius 3 is 2.61 bits per heavy atom. The number of nitrogens with one attached hydrogen (secondary N) is 1. The number of likely N-dealkylation sites (N-methyl/N-ethyl adjacent to an activating group) is 1. The average Bonchev–Trinajstić information content (AvgIpc) is 2.89. The molecule has 6 nitrogen and oxygen atoms in total. The van der Waals surface area contributed by atoms with E-state index < -0.39 is 11.9 Å². The van der Waals surface area contributed by atoms with Gasteiger partial charge >= 0.3 is 6.03 Å². The Bertz CT molecular complexity index is 961. The second kappa shape index (κ2) is 8.31. The lowest BCUT2D eigenvalue weighted by Crippen LogP contribution is -2.25. The Hall–Kier alpha value is -3.06. The van der Waals surface area contributed by atoms with Gasteiger partial charge in [-0.15, -0.1) is 0 Å². The molecule has 2 aromatic carbocycles. The van der Waals surface area contributed by atoms with Crippen LogP contribution < -0.4 is 14.8 Å². The van der Waals surface area contributed by atoms with Crippen LogP contribution >= 0.6 is 11.6 Å². The third-order valence-electron chi connectivity index (χ3n) is 4.05. The standard InChI is InChI=1S/C20H18ClFN2O4/c1-3-27-17-10-12(9-16-19(25)24(2)20(26)23-16)8-14(21)18(17)28-11-13-6-4-5-7-15(13)22/h4-10H,3,11H2,1-2H3,(H,23,26)/b16-9+.